The minimum Gasteiger partial charge on any atom is -0.323 e. The van der Waals surface area contributed by atoms with Crippen molar-refractivity contribution in [3.05, 3.63) is 17.0 Å². The number of rotatable bonds is 5. The van der Waals surface area contributed by atoms with Gasteiger partial charge in [-0.25, -0.2) is 0 Å². The summed E-state index contributed by atoms with van der Waals surface area (Å²) in [5, 5.41) is 0. The lowest BCUT2D eigenvalue weighted by Gasteiger charge is -2.06. The predicted molar refractivity (Wildman–Crippen MR) is 62.6 cm³/mol. The molecule has 0 fully saturated rings. The second-order valence-electron chi connectivity index (χ2n) is 2.98. The molecule has 1 nitrogen and oxygen atoms in total. The first-order valence-corrected chi connectivity index (χ1v) is 6.56. The van der Waals surface area contributed by atoms with E-state index < -0.39 is 0 Å². The molecular weight excluding hydrogens is 198 g/mol. The third-order valence-electron chi connectivity index (χ3n) is 1.85. The van der Waals surface area contributed by atoms with Gasteiger partial charge in [0.2, 0.25) is 0 Å². The smallest absolute Gasteiger partial charge is 0.0601 e. The van der Waals surface area contributed by atoms with Crippen molar-refractivity contribution < 1.29 is 0 Å². The van der Waals surface area contributed by atoms with E-state index in [0.29, 0.717) is 0 Å². The van der Waals surface area contributed by atoms with Crippen molar-refractivity contribution in [2.45, 2.75) is 36.9 Å². The molecule has 3 heteroatoms. The lowest BCUT2D eigenvalue weighted by molar-refractivity contribution is 0.648. The highest BCUT2D eigenvalue weighted by molar-refractivity contribution is 8.01. The van der Waals surface area contributed by atoms with E-state index >= 15 is 0 Å². The van der Waals surface area contributed by atoms with Gasteiger partial charge in [0, 0.05) is 10.9 Å². The number of thiophene rings is 1. The molecule has 0 aliphatic rings. The molecule has 0 spiro atoms. The summed E-state index contributed by atoms with van der Waals surface area (Å²) in [7, 11) is 0. The summed E-state index contributed by atoms with van der Waals surface area (Å²) in [4.78, 5) is 1.33. The van der Waals surface area contributed by atoms with Crippen LogP contribution in [0.5, 0.6) is 0 Å². The van der Waals surface area contributed by atoms with E-state index in [-0.39, 0.29) is 6.04 Å². The predicted octanol–water partition coefficient (Wildman–Crippen LogP) is 3.66. The van der Waals surface area contributed by atoms with Gasteiger partial charge >= 0.3 is 0 Å². The maximum absolute atomic E-state index is 6.02. The van der Waals surface area contributed by atoms with Gasteiger partial charge in [-0.3, -0.25) is 0 Å². The zero-order valence-electron chi connectivity index (χ0n) is 8.25. The van der Waals surface area contributed by atoms with Gasteiger partial charge in [-0.05, 0) is 24.3 Å². The molecule has 1 aromatic heterocycles. The van der Waals surface area contributed by atoms with E-state index in [4.69, 9.17) is 5.73 Å². The van der Waals surface area contributed by atoms with E-state index in [0.717, 1.165) is 18.6 Å². The van der Waals surface area contributed by atoms with Crippen LogP contribution in [0.4, 0.5) is 0 Å². The fourth-order valence-corrected chi connectivity index (χ4v) is 3.31. The van der Waals surface area contributed by atoms with Crippen molar-refractivity contribution in [3.63, 3.8) is 0 Å². The molecule has 0 radical (unpaired) electrons. The highest BCUT2D eigenvalue weighted by Crippen LogP contribution is 2.31. The summed E-state index contributed by atoms with van der Waals surface area (Å²) in [5.41, 5.74) is 6.02. The first kappa shape index (κ1) is 11.1. The van der Waals surface area contributed by atoms with Crippen LogP contribution in [-0.4, -0.2) is 5.75 Å². The molecular formula is C10H17NS2. The molecule has 13 heavy (non-hydrogen) atoms. The van der Waals surface area contributed by atoms with E-state index in [1.54, 1.807) is 0 Å². The van der Waals surface area contributed by atoms with Crippen LogP contribution in [0, 0.1) is 0 Å². The van der Waals surface area contributed by atoms with Crippen LogP contribution in [0.2, 0.25) is 0 Å². The van der Waals surface area contributed by atoms with Gasteiger partial charge in [-0.15, -0.1) is 23.1 Å². The second-order valence-corrected chi connectivity index (χ2v) is 5.66. The highest BCUT2D eigenvalue weighted by Gasteiger charge is 2.07. The zero-order valence-corrected chi connectivity index (χ0v) is 9.88. The Kier molecular flexibility index (Phi) is 4.84. The van der Waals surface area contributed by atoms with Crippen molar-refractivity contribution in [2.24, 2.45) is 5.73 Å². The van der Waals surface area contributed by atoms with Crippen LogP contribution < -0.4 is 5.73 Å². The molecule has 0 aromatic carbocycles. The Morgan fingerprint density at radius 2 is 2.23 bits per heavy atom. The van der Waals surface area contributed by atoms with Gasteiger partial charge in [0.05, 0.1) is 4.21 Å². The third kappa shape index (κ3) is 3.33. The SMILES string of the molecule is CCCC(N)c1ccc(SCC)s1. The summed E-state index contributed by atoms with van der Waals surface area (Å²) in [6.07, 6.45) is 2.26. The second kappa shape index (κ2) is 5.68. The molecule has 0 amide bonds. The van der Waals surface area contributed by atoms with Crippen molar-refractivity contribution in [2.75, 3.05) is 5.75 Å². The van der Waals surface area contributed by atoms with Crippen LogP contribution in [0.15, 0.2) is 16.3 Å². The van der Waals surface area contributed by atoms with Crippen molar-refractivity contribution in [3.8, 4) is 0 Å². The van der Waals surface area contributed by atoms with Gasteiger partial charge in [0.25, 0.3) is 0 Å². The molecule has 0 aliphatic carbocycles. The van der Waals surface area contributed by atoms with E-state index in [2.05, 4.69) is 26.0 Å². The Balaban J connectivity index is 2.56. The minimum atomic E-state index is 0.251. The monoisotopic (exact) mass is 215 g/mol. The van der Waals surface area contributed by atoms with Crippen molar-refractivity contribution in [1.82, 2.24) is 0 Å². The first-order chi connectivity index (χ1) is 6.27. The standard InChI is InChI=1S/C10H17NS2/c1-3-5-8(11)9-6-7-10(13-9)12-4-2/h6-8H,3-5,11H2,1-2H3. The Bertz CT molecular complexity index is 245. The topological polar surface area (TPSA) is 26.0 Å². The summed E-state index contributed by atoms with van der Waals surface area (Å²) in [6, 6.07) is 4.60. The first-order valence-electron chi connectivity index (χ1n) is 4.76. The summed E-state index contributed by atoms with van der Waals surface area (Å²) < 4.78 is 1.39. The summed E-state index contributed by atoms with van der Waals surface area (Å²) >= 11 is 3.74. The van der Waals surface area contributed by atoms with E-state index in [1.165, 1.54) is 9.09 Å². The van der Waals surface area contributed by atoms with Gasteiger partial charge in [0.1, 0.15) is 0 Å². The Morgan fingerprint density at radius 1 is 1.46 bits per heavy atom. The normalized spacial score (nSPS) is 13.2. The fraction of sp³-hybridized carbons (Fsp3) is 0.600. The van der Waals surface area contributed by atoms with Crippen molar-refractivity contribution >= 4 is 23.1 Å². The quantitative estimate of drug-likeness (QED) is 0.759. The Hall–Kier alpha value is 0.01000. The molecule has 0 saturated heterocycles. The molecule has 1 atom stereocenters. The van der Waals surface area contributed by atoms with Gasteiger partial charge in [0.15, 0.2) is 0 Å². The summed E-state index contributed by atoms with van der Waals surface area (Å²) in [6.45, 7) is 4.35. The van der Waals surface area contributed by atoms with Crippen LogP contribution in [0.1, 0.15) is 37.6 Å². The maximum Gasteiger partial charge on any atom is 0.0601 e. The lowest BCUT2D eigenvalue weighted by Crippen LogP contribution is -2.07. The zero-order chi connectivity index (χ0) is 9.68. The van der Waals surface area contributed by atoms with Crippen LogP contribution >= 0.6 is 23.1 Å². The number of nitrogens with two attached hydrogens (primary N) is 1. The Morgan fingerprint density at radius 3 is 2.85 bits per heavy atom. The summed E-state index contributed by atoms with van der Waals surface area (Å²) in [5.74, 6) is 1.14. The van der Waals surface area contributed by atoms with Crippen LogP contribution in [0.25, 0.3) is 0 Å². The van der Waals surface area contributed by atoms with E-state index in [1.807, 2.05) is 23.1 Å². The van der Waals surface area contributed by atoms with Crippen molar-refractivity contribution in [1.29, 1.82) is 0 Å². The average Bonchev–Trinajstić information content (AvgIpc) is 2.54. The van der Waals surface area contributed by atoms with Gasteiger partial charge < -0.3 is 5.73 Å². The number of hydrogen-bond donors (Lipinski definition) is 1. The highest BCUT2D eigenvalue weighted by atomic mass is 32.2. The molecule has 74 valence electrons. The molecule has 2 N–H and O–H groups in total. The number of hydrogen-bond acceptors (Lipinski definition) is 3. The Labute approximate surface area is 88.7 Å². The minimum absolute atomic E-state index is 0.251. The lowest BCUT2D eigenvalue weighted by atomic mass is 10.1. The molecule has 1 heterocycles. The van der Waals surface area contributed by atoms with Crippen LogP contribution in [0.3, 0.4) is 0 Å². The molecule has 0 bridgehead atoms. The largest absolute Gasteiger partial charge is 0.323 e. The molecule has 0 saturated carbocycles. The molecule has 0 aliphatic heterocycles. The molecule has 1 aromatic rings. The van der Waals surface area contributed by atoms with E-state index in [9.17, 15) is 0 Å². The molecule has 1 rings (SSSR count). The average molecular weight is 215 g/mol. The van der Waals surface area contributed by atoms with Gasteiger partial charge in [-0.1, -0.05) is 20.3 Å². The van der Waals surface area contributed by atoms with Crippen LogP contribution in [-0.2, 0) is 0 Å². The van der Waals surface area contributed by atoms with Gasteiger partial charge in [-0.2, -0.15) is 0 Å². The third-order valence-corrected chi connectivity index (χ3v) is 4.18. The fourth-order valence-electron chi connectivity index (χ4n) is 1.21. The number of thioether (sulfide) groups is 1. The molecule has 1 unspecified atom stereocenters. The maximum atomic E-state index is 6.02.